The van der Waals surface area contributed by atoms with Crippen LogP contribution in [0, 0.1) is 17.6 Å². The second kappa shape index (κ2) is 11.0. The highest BCUT2D eigenvalue weighted by Gasteiger charge is 2.24. The van der Waals surface area contributed by atoms with Gasteiger partial charge in [-0.05, 0) is 56.8 Å². The molecule has 8 heteroatoms. The van der Waals surface area contributed by atoms with E-state index in [1.165, 1.54) is 31.0 Å². The van der Waals surface area contributed by atoms with Crippen molar-refractivity contribution >= 4 is 30.7 Å². The van der Waals surface area contributed by atoms with Gasteiger partial charge in [0.05, 0.1) is 6.54 Å². The summed E-state index contributed by atoms with van der Waals surface area (Å²) < 4.78 is 27.6. The van der Waals surface area contributed by atoms with Gasteiger partial charge in [0.1, 0.15) is 11.6 Å². The van der Waals surface area contributed by atoms with Crippen molar-refractivity contribution in [3.8, 4) is 0 Å². The number of hydrogen-bond acceptors (Lipinski definition) is 3. The summed E-state index contributed by atoms with van der Waals surface area (Å²) in [6.07, 6.45) is 4.35. The zero-order chi connectivity index (χ0) is 16.9. The van der Waals surface area contributed by atoms with Crippen LogP contribution in [0.15, 0.2) is 18.2 Å². The van der Waals surface area contributed by atoms with Crippen LogP contribution >= 0.6 is 24.8 Å². The molecule has 0 bridgehead atoms. The van der Waals surface area contributed by atoms with E-state index in [9.17, 15) is 13.6 Å². The second-order valence-corrected chi connectivity index (χ2v) is 6.92. The molecule has 3 rings (SSSR count). The third kappa shape index (κ3) is 6.99. The van der Waals surface area contributed by atoms with Crippen LogP contribution in [0.4, 0.5) is 8.78 Å². The molecule has 2 aliphatic rings. The number of piperidine rings is 1. The van der Waals surface area contributed by atoms with Crippen molar-refractivity contribution in [1.82, 2.24) is 15.5 Å². The molecule has 26 heavy (non-hydrogen) atoms. The van der Waals surface area contributed by atoms with Crippen LogP contribution < -0.4 is 10.6 Å². The maximum absolute atomic E-state index is 13.8. The highest BCUT2D eigenvalue weighted by atomic mass is 35.5. The molecule has 0 aromatic heterocycles. The largest absolute Gasteiger partial charge is 0.351 e. The van der Waals surface area contributed by atoms with E-state index < -0.39 is 11.6 Å². The maximum Gasteiger partial charge on any atom is 0.234 e. The Balaban J connectivity index is 0.00000169. The van der Waals surface area contributed by atoms with Crippen LogP contribution in [0.25, 0.3) is 0 Å². The van der Waals surface area contributed by atoms with Gasteiger partial charge < -0.3 is 10.6 Å². The lowest BCUT2D eigenvalue weighted by Gasteiger charge is -2.33. The fourth-order valence-electron chi connectivity index (χ4n) is 3.21. The van der Waals surface area contributed by atoms with E-state index in [1.54, 1.807) is 0 Å². The number of amides is 1. The Morgan fingerprint density at radius 2 is 1.85 bits per heavy atom. The number of rotatable bonds is 7. The van der Waals surface area contributed by atoms with Gasteiger partial charge in [0.25, 0.3) is 0 Å². The predicted molar refractivity (Wildman–Crippen MR) is 103 cm³/mol. The Bertz CT molecular complexity index is 567. The lowest BCUT2D eigenvalue weighted by atomic mass is 10.0. The lowest BCUT2D eigenvalue weighted by Crippen LogP contribution is -2.49. The minimum atomic E-state index is -0.509. The fraction of sp³-hybridized carbons (Fsp3) is 0.611. The van der Waals surface area contributed by atoms with Crippen molar-refractivity contribution in [2.75, 3.05) is 26.2 Å². The molecule has 1 aromatic carbocycles. The van der Waals surface area contributed by atoms with E-state index >= 15 is 0 Å². The molecular weight excluding hydrogens is 383 g/mol. The van der Waals surface area contributed by atoms with Gasteiger partial charge in [0, 0.05) is 24.7 Å². The normalized spacial score (nSPS) is 20.0. The third-order valence-corrected chi connectivity index (χ3v) is 4.73. The first-order valence-electron chi connectivity index (χ1n) is 8.77. The van der Waals surface area contributed by atoms with Crippen molar-refractivity contribution in [2.45, 2.75) is 38.3 Å². The SMILES string of the molecule is Cl.Cl.O=C(CNCC1CC1)NC1CCCN(Cc2c(F)cccc2F)C1. The van der Waals surface area contributed by atoms with Crippen molar-refractivity contribution in [1.29, 1.82) is 0 Å². The molecule has 1 heterocycles. The van der Waals surface area contributed by atoms with Crippen LogP contribution in [0.1, 0.15) is 31.2 Å². The third-order valence-electron chi connectivity index (χ3n) is 4.73. The van der Waals surface area contributed by atoms with Gasteiger partial charge >= 0.3 is 0 Å². The summed E-state index contributed by atoms with van der Waals surface area (Å²) in [5.41, 5.74) is 0.107. The molecular formula is C18H27Cl2F2N3O. The van der Waals surface area contributed by atoms with E-state index in [2.05, 4.69) is 10.6 Å². The van der Waals surface area contributed by atoms with Crippen LogP contribution in [0.2, 0.25) is 0 Å². The summed E-state index contributed by atoms with van der Waals surface area (Å²) in [5, 5.41) is 6.21. The van der Waals surface area contributed by atoms with Gasteiger partial charge in [-0.25, -0.2) is 8.78 Å². The Hall–Kier alpha value is -0.950. The molecule has 1 saturated carbocycles. The Morgan fingerprint density at radius 3 is 2.50 bits per heavy atom. The number of hydrogen-bond donors (Lipinski definition) is 2. The summed E-state index contributed by atoms with van der Waals surface area (Å²) in [5.74, 6) is -0.269. The van der Waals surface area contributed by atoms with Gasteiger partial charge in [-0.1, -0.05) is 6.07 Å². The molecule has 4 nitrogen and oxygen atoms in total. The number of carbonyl (C=O) groups is 1. The van der Waals surface area contributed by atoms with Gasteiger partial charge in [0.2, 0.25) is 5.91 Å². The summed E-state index contributed by atoms with van der Waals surface area (Å²) in [4.78, 5) is 14.0. The molecule has 1 saturated heterocycles. The molecule has 1 aliphatic carbocycles. The minimum absolute atomic E-state index is 0. The number of nitrogens with zero attached hydrogens (tertiary/aromatic N) is 1. The van der Waals surface area contributed by atoms with E-state index in [0.717, 1.165) is 31.8 Å². The molecule has 1 aliphatic heterocycles. The summed E-state index contributed by atoms with van der Waals surface area (Å²) in [6.45, 7) is 2.92. The van der Waals surface area contributed by atoms with E-state index in [1.807, 2.05) is 4.90 Å². The van der Waals surface area contributed by atoms with Gasteiger partial charge in [0.15, 0.2) is 0 Å². The van der Waals surface area contributed by atoms with Crippen LogP contribution in [0.3, 0.4) is 0 Å². The Kier molecular flexibility index (Phi) is 9.79. The first-order valence-corrected chi connectivity index (χ1v) is 8.77. The van der Waals surface area contributed by atoms with Gasteiger partial charge in [-0.3, -0.25) is 9.69 Å². The zero-order valence-corrected chi connectivity index (χ0v) is 16.3. The van der Waals surface area contributed by atoms with Crippen molar-refractivity contribution < 1.29 is 13.6 Å². The Morgan fingerprint density at radius 1 is 1.15 bits per heavy atom. The summed E-state index contributed by atoms with van der Waals surface area (Å²) in [6, 6.07) is 3.99. The maximum atomic E-state index is 13.8. The first-order chi connectivity index (χ1) is 11.6. The highest BCUT2D eigenvalue weighted by Crippen LogP contribution is 2.27. The molecule has 1 atom stereocenters. The molecule has 2 fully saturated rings. The number of halogens is 4. The number of nitrogens with one attached hydrogen (secondary N) is 2. The molecule has 2 N–H and O–H groups in total. The van der Waals surface area contributed by atoms with E-state index in [0.29, 0.717) is 13.1 Å². The number of likely N-dealkylation sites (tertiary alicyclic amines) is 1. The smallest absolute Gasteiger partial charge is 0.234 e. The standard InChI is InChI=1S/C18H25F2N3O.2ClH/c19-16-4-1-5-17(20)15(16)12-23-8-2-3-14(11-23)22-18(24)10-21-9-13-6-7-13;;/h1,4-5,13-14,21H,2-3,6-12H2,(H,22,24);2*1H. The number of benzene rings is 1. The summed E-state index contributed by atoms with van der Waals surface area (Å²) >= 11 is 0. The number of carbonyl (C=O) groups excluding carboxylic acids is 1. The molecule has 0 spiro atoms. The molecule has 1 amide bonds. The highest BCUT2D eigenvalue weighted by molar-refractivity contribution is 5.85. The van der Waals surface area contributed by atoms with Gasteiger partial charge in [-0.15, -0.1) is 24.8 Å². The predicted octanol–water partition coefficient (Wildman–Crippen LogP) is 2.89. The molecule has 148 valence electrons. The molecule has 0 radical (unpaired) electrons. The van der Waals surface area contributed by atoms with E-state index in [-0.39, 0.29) is 48.9 Å². The quantitative estimate of drug-likeness (QED) is 0.727. The second-order valence-electron chi connectivity index (χ2n) is 6.92. The average Bonchev–Trinajstić information content (AvgIpc) is 3.36. The fourth-order valence-corrected chi connectivity index (χ4v) is 3.21. The lowest BCUT2D eigenvalue weighted by molar-refractivity contribution is -0.121. The molecule has 1 aromatic rings. The van der Waals surface area contributed by atoms with Crippen LogP contribution in [-0.4, -0.2) is 43.0 Å². The van der Waals surface area contributed by atoms with Crippen molar-refractivity contribution in [2.24, 2.45) is 5.92 Å². The average molecular weight is 410 g/mol. The van der Waals surface area contributed by atoms with Crippen molar-refractivity contribution in [3.05, 3.63) is 35.4 Å². The van der Waals surface area contributed by atoms with E-state index in [4.69, 9.17) is 0 Å². The monoisotopic (exact) mass is 409 g/mol. The first kappa shape index (κ1) is 23.1. The van der Waals surface area contributed by atoms with Crippen LogP contribution in [-0.2, 0) is 11.3 Å². The Labute approximate surface area is 165 Å². The van der Waals surface area contributed by atoms with Gasteiger partial charge in [-0.2, -0.15) is 0 Å². The summed E-state index contributed by atoms with van der Waals surface area (Å²) in [7, 11) is 0. The topological polar surface area (TPSA) is 44.4 Å². The van der Waals surface area contributed by atoms with Crippen molar-refractivity contribution in [3.63, 3.8) is 0 Å². The molecule has 1 unspecified atom stereocenters. The zero-order valence-electron chi connectivity index (χ0n) is 14.7. The minimum Gasteiger partial charge on any atom is -0.351 e. The van der Waals surface area contributed by atoms with Crippen LogP contribution in [0.5, 0.6) is 0 Å².